The number of primary amides is 1. The molecule has 0 radical (unpaired) electrons. The zero-order valence-corrected chi connectivity index (χ0v) is 8.87. The van der Waals surface area contributed by atoms with Crippen LogP contribution < -0.4 is 5.73 Å². The van der Waals surface area contributed by atoms with E-state index in [-0.39, 0.29) is 6.54 Å². The number of amides is 2. The van der Waals surface area contributed by atoms with Gasteiger partial charge in [0, 0.05) is 6.54 Å². The number of nitrogens with zero attached hydrogens (tertiary/aromatic N) is 1. The number of carbonyl (C=O) groups excluding carboxylic acids is 2. The van der Waals surface area contributed by atoms with Crippen LogP contribution in [0.1, 0.15) is 13.8 Å². The quantitative estimate of drug-likeness (QED) is 0.795. The second-order valence-electron chi connectivity index (χ2n) is 3.05. The van der Waals surface area contributed by atoms with Gasteiger partial charge in [0.25, 0.3) is 5.91 Å². The van der Waals surface area contributed by atoms with Crippen LogP contribution in [-0.2, 0) is 9.53 Å². The van der Waals surface area contributed by atoms with Crippen LogP contribution in [0.5, 0.6) is 0 Å². The van der Waals surface area contributed by atoms with Crippen LogP contribution in [0.3, 0.4) is 0 Å². The summed E-state index contributed by atoms with van der Waals surface area (Å²) in [4.78, 5) is 22.2. The molecule has 16 heavy (non-hydrogen) atoms. The molecule has 8 heteroatoms. The van der Waals surface area contributed by atoms with Crippen molar-refractivity contribution in [2.24, 2.45) is 5.73 Å². The second-order valence-corrected chi connectivity index (χ2v) is 3.05. The number of likely N-dealkylation sites (N-methyl/N-ethyl adjacent to an activating group) is 1. The molecule has 0 aliphatic carbocycles. The maximum Gasteiger partial charge on any atom is 0.406 e. The van der Waals surface area contributed by atoms with E-state index in [1.807, 2.05) is 0 Å². The maximum atomic E-state index is 12.1. The van der Waals surface area contributed by atoms with Crippen LogP contribution in [0.4, 0.5) is 18.0 Å². The van der Waals surface area contributed by atoms with E-state index in [1.54, 1.807) is 0 Å². The number of hydrogen-bond donors (Lipinski definition) is 1. The smallest absolute Gasteiger partial charge is 0.406 e. The molecule has 1 atom stereocenters. The zero-order chi connectivity index (χ0) is 12.9. The zero-order valence-electron chi connectivity index (χ0n) is 8.87. The topological polar surface area (TPSA) is 72.6 Å². The van der Waals surface area contributed by atoms with Gasteiger partial charge in [0.2, 0.25) is 0 Å². The van der Waals surface area contributed by atoms with E-state index < -0.39 is 30.8 Å². The Labute approximate surface area is 90.3 Å². The molecule has 0 aromatic carbocycles. The Morgan fingerprint density at radius 1 is 1.44 bits per heavy atom. The summed E-state index contributed by atoms with van der Waals surface area (Å²) in [6, 6.07) is 0. The van der Waals surface area contributed by atoms with Crippen LogP contribution in [0.2, 0.25) is 0 Å². The number of halogens is 3. The molecular formula is C8H13F3N2O3. The third-order valence-electron chi connectivity index (χ3n) is 1.70. The summed E-state index contributed by atoms with van der Waals surface area (Å²) < 4.78 is 40.4. The number of ether oxygens (including phenoxy) is 1. The molecule has 0 bridgehead atoms. The van der Waals surface area contributed by atoms with Crippen molar-refractivity contribution in [2.75, 3.05) is 13.1 Å². The molecule has 94 valence electrons. The van der Waals surface area contributed by atoms with Gasteiger partial charge in [0.1, 0.15) is 6.54 Å². The predicted octanol–water partition coefficient (Wildman–Crippen LogP) is 0.881. The van der Waals surface area contributed by atoms with Gasteiger partial charge in [-0.2, -0.15) is 13.2 Å². The SMILES string of the molecule is CCN(CC(F)(F)F)C(=O)C(C)OC(N)=O. The highest BCUT2D eigenvalue weighted by molar-refractivity contribution is 5.82. The summed E-state index contributed by atoms with van der Waals surface area (Å²) in [5, 5.41) is 0. The van der Waals surface area contributed by atoms with Crippen LogP contribution in [0.25, 0.3) is 0 Å². The van der Waals surface area contributed by atoms with Crippen molar-refractivity contribution < 1.29 is 27.5 Å². The molecule has 0 aliphatic heterocycles. The van der Waals surface area contributed by atoms with Crippen LogP contribution in [0, 0.1) is 0 Å². The molecule has 5 nitrogen and oxygen atoms in total. The fourth-order valence-corrected chi connectivity index (χ4v) is 1.04. The standard InChI is InChI=1S/C8H13F3N2O3/c1-3-13(4-8(9,10)11)6(14)5(2)16-7(12)15/h5H,3-4H2,1-2H3,(H2,12,15). The van der Waals surface area contributed by atoms with Crippen molar-refractivity contribution in [3.05, 3.63) is 0 Å². The molecule has 2 N–H and O–H groups in total. The molecule has 0 heterocycles. The first kappa shape index (κ1) is 14.5. The van der Waals surface area contributed by atoms with Crippen molar-refractivity contribution >= 4 is 12.0 Å². The molecule has 0 rings (SSSR count). The fraction of sp³-hybridized carbons (Fsp3) is 0.750. The molecule has 0 aromatic heterocycles. The molecule has 0 saturated carbocycles. The van der Waals surface area contributed by atoms with E-state index in [2.05, 4.69) is 10.5 Å². The molecular weight excluding hydrogens is 229 g/mol. The minimum atomic E-state index is -4.49. The van der Waals surface area contributed by atoms with Gasteiger partial charge in [-0.05, 0) is 13.8 Å². The first-order chi connectivity index (χ1) is 7.17. The highest BCUT2D eigenvalue weighted by Gasteiger charge is 2.34. The van der Waals surface area contributed by atoms with Crippen molar-refractivity contribution in [2.45, 2.75) is 26.1 Å². The monoisotopic (exact) mass is 242 g/mol. The van der Waals surface area contributed by atoms with Gasteiger partial charge in [0.15, 0.2) is 6.10 Å². The Morgan fingerprint density at radius 2 is 1.94 bits per heavy atom. The third kappa shape index (κ3) is 5.42. The lowest BCUT2D eigenvalue weighted by Gasteiger charge is -2.24. The summed E-state index contributed by atoms with van der Waals surface area (Å²) in [6.07, 6.45) is -7.01. The van der Waals surface area contributed by atoms with Gasteiger partial charge in [-0.3, -0.25) is 4.79 Å². The first-order valence-corrected chi connectivity index (χ1v) is 4.49. The fourth-order valence-electron chi connectivity index (χ4n) is 1.04. The van der Waals surface area contributed by atoms with E-state index >= 15 is 0 Å². The lowest BCUT2D eigenvalue weighted by atomic mass is 10.3. The Bertz CT molecular complexity index is 268. The highest BCUT2D eigenvalue weighted by atomic mass is 19.4. The van der Waals surface area contributed by atoms with Crippen molar-refractivity contribution in [3.63, 3.8) is 0 Å². The molecule has 0 fully saturated rings. The number of rotatable bonds is 4. The van der Waals surface area contributed by atoms with Crippen molar-refractivity contribution in [3.8, 4) is 0 Å². The average molecular weight is 242 g/mol. The minimum Gasteiger partial charge on any atom is -0.437 e. The molecule has 0 aromatic rings. The highest BCUT2D eigenvalue weighted by Crippen LogP contribution is 2.17. The van der Waals surface area contributed by atoms with Crippen LogP contribution >= 0.6 is 0 Å². The number of hydrogen-bond acceptors (Lipinski definition) is 3. The van der Waals surface area contributed by atoms with Gasteiger partial charge in [0.05, 0.1) is 0 Å². The van der Waals surface area contributed by atoms with E-state index in [1.165, 1.54) is 6.92 Å². The van der Waals surface area contributed by atoms with Crippen molar-refractivity contribution in [1.82, 2.24) is 4.90 Å². The Hall–Kier alpha value is -1.47. The number of alkyl halides is 3. The van der Waals surface area contributed by atoms with Gasteiger partial charge >= 0.3 is 12.3 Å². The summed E-state index contributed by atoms with van der Waals surface area (Å²) >= 11 is 0. The maximum absolute atomic E-state index is 12.1. The summed E-state index contributed by atoms with van der Waals surface area (Å²) in [7, 11) is 0. The second kappa shape index (κ2) is 5.57. The first-order valence-electron chi connectivity index (χ1n) is 4.49. The summed E-state index contributed by atoms with van der Waals surface area (Å²) in [5.41, 5.74) is 4.65. The van der Waals surface area contributed by atoms with E-state index in [0.29, 0.717) is 4.90 Å². The number of carbonyl (C=O) groups is 2. The third-order valence-corrected chi connectivity index (χ3v) is 1.70. The Kier molecular flexibility index (Phi) is 5.06. The summed E-state index contributed by atoms with van der Waals surface area (Å²) in [6.45, 7) is 1.03. The molecule has 2 amide bonds. The molecule has 1 unspecified atom stereocenters. The summed E-state index contributed by atoms with van der Waals surface area (Å²) in [5.74, 6) is -0.932. The van der Waals surface area contributed by atoms with Gasteiger partial charge in [-0.1, -0.05) is 0 Å². The normalized spacial score (nSPS) is 13.1. The van der Waals surface area contributed by atoms with E-state index in [0.717, 1.165) is 6.92 Å². The Morgan fingerprint density at radius 3 is 2.25 bits per heavy atom. The minimum absolute atomic E-state index is 0.134. The van der Waals surface area contributed by atoms with E-state index in [9.17, 15) is 22.8 Å². The van der Waals surface area contributed by atoms with Gasteiger partial charge < -0.3 is 15.4 Å². The predicted molar refractivity (Wildman–Crippen MR) is 48.4 cm³/mol. The lowest BCUT2D eigenvalue weighted by Crippen LogP contribution is -2.45. The van der Waals surface area contributed by atoms with Gasteiger partial charge in [-0.25, -0.2) is 4.79 Å². The molecule has 0 spiro atoms. The van der Waals surface area contributed by atoms with E-state index in [4.69, 9.17) is 0 Å². The lowest BCUT2D eigenvalue weighted by molar-refractivity contribution is -0.165. The largest absolute Gasteiger partial charge is 0.437 e. The number of nitrogens with two attached hydrogens (primary N) is 1. The average Bonchev–Trinajstić information content (AvgIpc) is 2.10. The molecule has 0 saturated heterocycles. The molecule has 0 aliphatic rings. The van der Waals surface area contributed by atoms with Crippen LogP contribution in [0.15, 0.2) is 0 Å². The van der Waals surface area contributed by atoms with Gasteiger partial charge in [-0.15, -0.1) is 0 Å². The van der Waals surface area contributed by atoms with Crippen molar-refractivity contribution in [1.29, 1.82) is 0 Å². The van der Waals surface area contributed by atoms with Crippen LogP contribution in [-0.4, -0.2) is 42.3 Å². The Balaban J connectivity index is 4.47.